The van der Waals surface area contributed by atoms with Gasteiger partial charge in [-0.25, -0.2) is 4.39 Å². The lowest BCUT2D eigenvalue weighted by Crippen LogP contribution is -2.03. The summed E-state index contributed by atoms with van der Waals surface area (Å²) in [4.78, 5) is 0.641. The van der Waals surface area contributed by atoms with E-state index in [4.69, 9.17) is 18.9 Å². The first-order chi connectivity index (χ1) is 13.7. The van der Waals surface area contributed by atoms with Crippen LogP contribution in [-0.2, 0) is 13.2 Å². The predicted octanol–water partition coefficient (Wildman–Crippen LogP) is 3.21. The van der Waals surface area contributed by atoms with E-state index < -0.39 is 0 Å². The van der Waals surface area contributed by atoms with Gasteiger partial charge >= 0.3 is 0 Å². The molecule has 0 saturated carbocycles. The molecule has 0 saturated heterocycles. The van der Waals surface area contributed by atoms with Gasteiger partial charge in [-0.3, -0.25) is 0 Å². The molecule has 0 fully saturated rings. The van der Waals surface area contributed by atoms with Crippen molar-refractivity contribution in [3.63, 3.8) is 0 Å². The second kappa shape index (κ2) is 6.97. The van der Waals surface area contributed by atoms with Crippen molar-refractivity contribution in [1.82, 2.24) is 19.8 Å². The Morgan fingerprint density at radius 1 is 0.964 bits per heavy atom. The topological polar surface area (TPSA) is 80.0 Å². The van der Waals surface area contributed by atoms with Gasteiger partial charge in [-0.2, -0.15) is 9.61 Å². The fourth-order valence-electron chi connectivity index (χ4n) is 2.64. The van der Waals surface area contributed by atoms with Crippen LogP contribution in [0, 0.1) is 5.82 Å². The van der Waals surface area contributed by atoms with E-state index in [1.165, 1.54) is 23.5 Å². The number of aromatic nitrogens is 4. The Kier molecular flexibility index (Phi) is 4.17. The van der Waals surface area contributed by atoms with E-state index in [9.17, 15) is 4.39 Å². The Balaban J connectivity index is 1.26. The molecule has 10 heteroatoms. The van der Waals surface area contributed by atoms with Crippen molar-refractivity contribution in [3.8, 4) is 23.0 Å². The van der Waals surface area contributed by atoms with E-state index in [1.807, 2.05) is 0 Å². The summed E-state index contributed by atoms with van der Waals surface area (Å²) < 4.78 is 36.6. The van der Waals surface area contributed by atoms with Crippen LogP contribution >= 0.6 is 11.3 Å². The summed E-state index contributed by atoms with van der Waals surface area (Å²) in [5.41, 5.74) is 0. The minimum Gasteiger partial charge on any atom is -0.486 e. The molecule has 8 nitrogen and oxygen atoms in total. The van der Waals surface area contributed by atoms with Crippen LogP contribution in [0.2, 0.25) is 0 Å². The molecule has 0 radical (unpaired) electrons. The van der Waals surface area contributed by atoms with Crippen LogP contribution in [-0.4, -0.2) is 26.6 Å². The summed E-state index contributed by atoms with van der Waals surface area (Å²) in [5, 5.41) is 13.4. The fraction of sp³-hybridized carbons (Fsp3) is 0.167. The van der Waals surface area contributed by atoms with E-state index in [1.54, 1.807) is 34.8 Å². The molecular weight excluding hydrogens is 387 g/mol. The molecule has 0 unspecified atom stereocenters. The minimum atomic E-state index is -0.307. The zero-order valence-electron chi connectivity index (χ0n) is 14.4. The number of ether oxygens (including phenoxy) is 4. The summed E-state index contributed by atoms with van der Waals surface area (Å²) in [6.07, 6.45) is 0. The monoisotopic (exact) mass is 400 g/mol. The first-order valence-corrected chi connectivity index (χ1v) is 9.17. The Morgan fingerprint density at radius 3 is 2.64 bits per heavy atom. The molecule has 2 aromatic heterocycles. The Labute approximate surface area is 162 Å². The standard InChI is InChI=1S/C18H13FN4O4S/c19-11-1-3-12(4-2-11)25-9-17-22-23-16(20-21-18(23)28-17)8-24-13-5-6-14-15(7-13)27-10-26-14/h1-7H,8-10H2. The number of halogens is 1. The van der Waals surface area contributed by atoms with Gasteiger partial charge in [0.2, 0.25) is 11.8 Å². The predicted molar refractivity (Wildman–Crippen MR) is 96.3 cm³/mol. The molecule has 0 amide bonds. The van der Waals surface area contributed by atoms with Crippen LogP contribution in [0.1, 0.15) is 10.8 Å². The SMILES string of the molecule is Fc1ccc(OCc2nn3c(COc4ccc5c(c4)OCO5)nnc3s2)cc1. The second-order valence-electron chi connectivity index (χ2n) is 5.85. The van der Waals surface area contributed by atoms with Crippen molar-refractivity contribution in [2.75, 3.05) is 6.79 Å². The number of benzene rings is 2. The zero-order valence-corrected chi connectivity index (χ0v) is 15.2. The molecule has 5 rings (SSSR count). The van der Waals surface area contributed by atoms with Gasteiger partial charge in [0, 0.05) is 6.07 Å². The first-order valence-electron chi connectivity index (χ1n) is 8.35. The normalized spacial score (nSPS) is 12.5. The summed E-state index contributed by atoms with van der Waals surface area (Å²) in [6, 6.07) is 11.2. The molecule has 1 aliphatic heterocycles. The summed E-state index contributed by atoms with van der Waals surface area (Å²) in [5.74, 6) is 2.81. The lowest BCUT2D eigenvalue weighted by Gasteiger charge is -2.05. The molecular formula is C18H13FN4O4S. The van der Waals surface area contributed by atoms with Crippen LogP contribution < -0.4 is 18.9 Å². The van der Waals surface area contributed by atoms with Gasteiger partial charge in [0.05, 0.1) is 0 Å². The van der Waals surface area contributed by atoms with E-state index in [0.717, 1.165) is 5.01 Å². The smallest absolute Gasteiger partial charge is 0.234 e. The highest BCUT2D eigenvalue weighted by atomic mass is 32.1. The maximum Gasteiger partial charge on any atom is 0.234 e. The van der Waals surface area contributed by atoms with Crippen molar-refractivity contribution >= 4 is 16.3 Å². The van der Waals surface area contributed by atoms with Gasteiger partial charge in [0.15, 0.2) is 22.3 Å². The highest BCUT2D eigenvalue weighted by Crippen LogP contribution is 2.35. The maximum atomic E-state index is 12.9. The number of hydrogen-bond acceptors (Lipinski definition) is 8. The van der Waals surface area contributed by atoms with Crippen LogP contribution in [0.4, 0.5) is 4.39 Å². The molecule has 0 N–H and O–H groups in total. The van der Waals surface area contributed by atoms with E-state index in [2.05, 4.69) is 15.3 Å². The molecule has 0 aliphatic carbocycles. The summed E-state index contributed by atoms with van der Waals surface area (Å²) in [6.45, 7) is 0.663. The zero-order chi connectivity index (χ0) is 18.9. The van der Waals surface area contributed by atoms with Crippen molar-refractivity contribution in [3.05, 3.63) is 59.1 Å². The van der Waals surface area contributed by atoms with Gasteiger partial charge in [0.25, 0.3) is 0 Å². The molecule has 0 bridgehead atoms. The molecule has 4 aromatic rings. The van der Waals surface area contributed by atoms with Crippen LogP contribution in [0.3, 0.4) is 0 Å². The number of fused-ring (bicyclic) bond motifs is 2. The third-order valence-electron chi connectivity index (χ3n) is 3.99. The average molecular weight is 400 g/mol. The van der Waals surface area contributed by atoms with Crippen molar-refractivity contribution in [2.24, 2.45) is 0 Å². The van der Waals surface area contributed by atoms with Crippen LogP contribution in [0.25, 0.3) is 4.96 Å². The minimum absolute atomic E-state index is 0.197. The molecule has 3 heterocycles. The number of hydrogen-bond donors (Lipinski definition) is 0. The fourth-order valence-corrected chi connectivity index (χ4v) is 3.40. The van der Waals surface area contributed by atoms with Crippen molar-refractivity contribution in [2.45, 2.75) is 13.2 Å². The van der Waals surface area contributed by atoms with Gasteiger partial charge in [0.1, 0.15) is 30.5 Å². The number of rotatable bonds is 6. The van der Waals surface area contributed by atoms with Gasteiger partial charge in [-0.1, -0.05) is 11.3 Å². The first kappa shape index (κ1) is 16.8. The van der Waals surface area contributed by atoms with E-state index in [-0.39, 0.29) is 25.8 Å². The second-order valence-corrected chi connectivity index (χ2v) is 6.89. The lowest BCUT2D eigenvalue weighted by molar-refractivity contribution is 0.173. The van der Waals surface area contributed by atoms with E-state index in [0.29, 0.717) is 33.8 Å². The summed E-state index contributed by atoms with van der Waals surface area (Å²) in [7, 11) is 0. The quantitative estimate of drug-likeness (QED) is 0.492. The highest BCUT2D eigenvalue weighted by molar-refractivity contribution is 7.16. The molecule has 2 aromatic carbocycles. The molecule has 0 spiro atoms. The Morgan fingerprint density at radius 2 is 1.75 bits per heavy atom. The van der Waals surface area contributed by atoms with Gasteiger partial charge in [-0.05, 0) is 36.4 Å². The lowest BCUT2D eigenvalue weighted by atomic mass is 10.3. The highest BCUT2D eigenvalue weighted by Gasteiger charge is 2.16. The average Bonchev–Trinajstić information content (AvgIpc) is 3.41. The largest absolute Gasteiger partial charge is 0.486 e. The molecule has 0 atom stereocenters. The third kappa shape index (κ3) is 3.29. The van der Waals surface area contributed by atoms with Crippen LogP contribution in [0.15, 0.2) is 42.5 Å². The van der Waals surface area contributed by atoms with Crippen molar-refractivity contribution in [1.29, 1.82) is 0 Å². The Bertz CT molecular complexity index is 1130. The van der Waals surface area contributed by atoms with Gasteiger partial charge in [-0.15, -0.1) is 10.2 Å². The number of nitrogens with zero attached hydrogens (tertiary/aromatic N) is 4. The van der Waals surface area contributed by atoms with E-state index >= 15 is 0 Å². The van der Waals surface area contributed by atoms with Crippen molar-refractivity contribution < 1.29 is 23.3 Å². The molecule has 28 heavy (non-hydrogen) atoms. The third-order valence-corrected chi connectivity index (χ3v) is 4.86. The van der Waals surface area contributed by atoms with Crippen LogP contribution in [0.5, 0.6) is 23.0 Å². The molecule has 142 valence electrons. The Hall–Kier alpha value is -3.40. The molecule has 1 aliphatic rings. The maximum absolute atomic E-state index is 12.9. The van der Waals surface area contributed by atoms with Gasteiger partial charge < -0.3 is 18.9 Å². The summed E-state index contributed by atoms with van der Waals surface area (Å²) >= 11 is 1.37.